The molecule has 2 heterocycles. The summed E-state index contributed by atoms with van der Waals surface area (Å²) >= 11 is 0. The van der Waals surface area contributed by atoms with Crippen LogP contribution in [0.25, 0.3) is 0 Å². The molecule has 0 amide bonds. The first-order chi connectivity index (χ1) is 12.6. The second kappa shape index (κ2) is 4.05. The zero-order chi connectivity index (χ0) is 19.3. The van der Waals surface area contributed by atoms with Gasteiger partial charge in [0.15, 0.2) is 0 Å². The van der Waals surface area contributed by atoms with Crippen LogP contribution in [0.4, 0.5) is 0 Å². The van der Waals surface area contributed by atoms with Crippen molar-refractivity contribution in [1.29, 1.82) is 0 Å². The van der Waals surface area contributed by atoms with Crippen molar-refractivity contribution < 1.29 is 23.9 Å². The Morgan fingerprint density at radius 3 is 2.44 bits per heavy atom. The molecule has 0 aromatic rings. The molecular formula is C22H28O5. The fraction of sp³-hybridized carbons (Fsp3) is 0.864. The van der Waals surface area contributed by atoms with Gasteiger partial charge in [-0.1, -0.05) is 27.2 Å². The number of hydrogen-bond donors (Lipinski definition) is 0. The van der Waals surface area contributed by atoms with Crippen LogP contribution in [-0.2, 0) is 23.9 Å². The first kappa shape index (κ1) is 16.7. The molecule has 5 heteroatoms. The summed E-state index contributed by atoms with van der Waals surface area (Å²) in [5.41, 5.74) is -3.07. The number of carbonyl (C=O) groups is 3. The second-order valence-electron chi connectivity index (χ2n) is 11.2. The predicted molar refractivity (Wildman–Crippen MR) is 94.6 cm³/mol. The Hall–Kier alpha value is -1.23. The molecule has 8 fully saturated rings. The molecule has 6 bridgehead atoms. The smallest absolute Gasteiger partial charge is 0.306 e. The van der Waals surface area contributed by atoms with Crippen LogP contribution in [0.5, 0.6) is 0 Å². The van der Waals surface area contributed by atoms with Gasteiger partial charge in [-0.15, -0.1) is 0 Å². The molecular weight excluding hydrogens is 344 g/mol. The summed E-state index contributed by atoms with van der Waals surface area (Å²) in [5, 5.41) is 0. The van der Waals surface area contributed by atoms with Crippen LogP contribution in [0.3, 0.4) is 0 Å². The summed E-state index contributed by atoms with van der Waals surface area (Å²) in [5.74, 6) is 0.356. The first-order valence-corrected chi connectivity index (χ1v) is 10.4. The van der Waals surface area contributed by atoms with Crippen molar-refractivity contribution in [3.8, 4) is 0 Å². The van der Waals surface area contributed by atoms with E-state index in [1.165, 1.54) is 7.11 Å². The van der Waals surface area contributed by atoms with Crippen molar-refractivity contribution in [2.24, 2.45) is 33.5 Å². The Morgan fingerprint density at radius 2 is 1.81 bits per heavy atom. The molecule has 3 spiro atoms. The van der Waals surface area contributed by atoms with E-state index in [0.717, 1.165) is 32.1 Å². The molecule has 8 aliphatic rings. The Morgan fingerprint density at radius 1 is 1.11 bits per heavy atom. The van der Waals surface area contributed by atoms with Gasteiger partial charge in [-0.3, -0.25) is 14.4 Å². The standard InChI is InChI=1S/C22H28O5/c1-17(10-14(23)26-4)6-5-7-19(3)21-9-13-12-8-20(21,11-18(12,13)2)15(24)16(25)22(17,19)27-21/h12-13H,5-11H2,1-4H3/t12-,13+,17-,18-,19-,20-,21+,22-/m0/s1. The third-order valence-electron chi connectivity index (χ3n) is 10.6. The number of Topliss-reactive ketones (excluding diaryl/α,β-unsaturated/α-hetero) is 2. The number of fused-ring (bicyclic) bond motifs is 1. The van der Waals surface area contributed by atoms with Gasteiger partial charge < -0.3 is 9.47 Å². The molecule has 0 radical (unpaired) electrons. The lowest BCUT2D eigenvalue weighted by atomic mass is 9.30. The van der Waals surface area contributed by atoms with E-state index in [2.05, 4.69) is 13.8 Å². The van der Waals surface area contributed by atoms with E-state index in [0.29, 0.717) is 18.3 Å². The molecule has 146 valence electrons. The largest absolute Gasteiger partial charge is 0.469 e. The summed E-state index contributed by atoms with van der Waals surface area (Å²) < 4.78 is 11.7. The van der Waals surface area contributed by atoms with Crippen LogP contribution in [0.1, 0.15) is 65.7 Å². The first-order valence-electron chi connectivity index (χ1n) is 10.4. The van der Waals surface area contributed by atoms with Crippen LogP contribution in [-0.4, -0.2) is 35.8 Å². The maximum absolute atomic E-state index is 13.7. The van der Waals surface area contributed by atoms with Crippen molar-refractivity contribution in [3.63, 3.8) is 0 Å². The number of rotatable bonds is 2. The fourth-order valence-electron chi connectivity index (χ4n) is 9.39. The highest BCUT2D eigenvalue weighted by Gasteiger charge is 2.97. The average Bonchev–Trinajstić information content (AvgIpc) is 3.04. The lowest BCUT2D eigenvalue weighted by Crippen LogP contribution is -2.94. The summed E-state index contributed by atoms with van der Waals surface area (Å²) in [6.45, 7) is 6.45. The number of carbonyl (C=O) groups excluding carboxylic acids is 3. The summed E-state index contributed by atoms with van der Waals surface area (Å²) in [6, 6.07) is 0. The van der Waals surface area contributed by atoms with Crippen molar-refractivity contribution in [2.45, 2.75) is 76.9 Å². The topological polar surface area (TPSA) is 69.7 Å². The van der Waals surface area contributed by atoms with Crippen molar-refractivity contribution in [3.05, 3.63) is 0 Å². The van der Waals surface area contributed by atoms with Crippen LogP contribution >= 0.6 is 0 Å². The average molecular weight is 372 g/mol. The third-order valence-corrected chi connectivity index (χ3v) is 10.6. The zero-order valence-corrected chi connectivity index (χ0v) is 16.6. The highest BCUT2D eigenvalue weighted by atomic mass is 16.6. The van der Waals surface area contributed by atoms with Crippen LogP contribution in [0.2, 0.25) is 0 Å². The van der Waals surface area contributed by atoms with E-state index in [4.69, 9.17) is 9.47 Å². The minimum absolute atomic E-state index is 0.130. The fourth-order valence-corrected chi connectivity index (χ4v) is 9.39. The van der Waals surface area contributed by atoms with E-state index in [9.17, 15) is 14.4 Å². The van der Waals surface area contributed by atoms with Crippen LogP contribution < -0.4 is 0 Å². The predicted octanol–water partition coefficient (Wildman–Crippen LogP) is 2.84. The van der Waals surface area contributed by atoms with Crippen LogP contribution in [0, 0.1) is 33.5 Å². The van der Waals surface area contributed by atoms with E-state index < -0.39 is 22.0 Å². The van der Waals surface area contributed by atoms with Gasteiger partial charge in [0.25, 0.3) is 0 Å². The second-order valence-corrected chi connectivity index (χ2v) is 11.2. The molecule has 6 aliphatic carbocycles. The molecule has 0 aromatic carbocycles. The summed E-state index contributed by atoms with van der Waals surface area (Å²) in [4.78, 5) is 39.5. The molecule has 8 rings (SSSR count). The Bertz CT molecular complexity index is 850. The highest BCUT2D eigenvalue weighted by molar-refractivity contribution is 6.45. The summed E-state index contributed by atoms with van der Waals surface area (Å²) in [6.07, 6.45) is 5.27. The quantitative estimate of drug-likeness (QED) is 0.551. The Kier molecular flexibility index (Phi) is 2.51. The molecule has 0 N–H and O–H groups in total. The van der Waals surface area contributed by atoms with E-state index in [1.807, 2.05) is 6.92 Å². The maximum Gasteiger partial charge on any atom is 0.306 e. The minimum Gasteiger partial charge on any atom is -0.469 e. The molecule has 6 saturated carbocycles. The molecule has 8 atom stereocenters. The number of ether oxygens (including phenoxy) is 2. The van der Waals surface area contributed by atoms with Crippen molar-refractivity contribution in [2.75, 3.05) is 7.11 Å². The van der Waals surface area contributed by atoms with E-state index >= 15 is 0 Å². The lowest BCUT2D eigenvalue weighted by Gasteiger charge is -2.82. The van der Waals surface area contributed by atoms with Gasteiger partial charge in [-0.25, -0.2) is 0 Å². The SMILES string of the molecule is COC(=O)C[C@]1(C)CCC[C@@]2(C)[C@]34C[C@@H]5[C@@H]6C[C@]3(C[C@]56C)C(=O)C(=O)[C@]12O4. The van der Waals surface area contributed by atoms with Crippen molar-refractivity contribution >= 4 is 17.5 Å². The van der Waals surface area contributed by atoms with E-state index in [-0.39, 0.29) is 34.8 Å². The van der Waals surface area contributed by atoms with Gasteiger partial charge in [-0.05, 0) is 49.4 Å². The number of methoxy groups -OCH3 is 1. The number of esters is 1. The highest BCUT2D eigenvalue weighted by Crippen LogP contribution is 2.91. The lowest BCUT2D eigenvalue weighted by molar-refractivity contribution is -0.448. The Balaban J connectivity index is 1.53. The van der Waals surface area contributed by atoms with Gasteiger partial charge in [0, 0.05) is 10.8 Å². The number of ketones is 2. The van der Waals surface area contributed by atoms with Gasteiger partial charge >= 0.3 is 5.97 Å². The molecule has 2 saturated heterocycles. The maximum atomic E-state index is 13.7. The molecule has 5 nitrogen and oxygen atoms in total. The molecule has 0 unspecified atom stereocenters. The molecule has 0 aromatic heterocycles. The molecule has 2 aliphatic heterocycles. The Labute approximate surface area is 159 Å². The van der Waals surface area contributed by atoms with E-state index in [1.54, 1.807) is 0 Å². The van der Waals surface area contributed by atoms with Gasteiger partial charge in [0.2, 0.25) is 11.6 Å². The third kappa shape index (κ3) is 1.24. The molecule has 27 heavy (non-hydrogen) atoms. The monoisotopic (exact) mass is 372 g/mol. The summed E-state index contributed by atoms with van der Waals surface area (Å²) in [7, 11) is 1.38. The van der Waals surface area contributed by atoms with Gasteiger partial charge in [0.05, 0.1) is 24.5 Å². The number of hydrogen-bond acceptors (Lipinski definition) is 5. The van der Waals surface area contributed by atoms with Gasteiger partial charge in [-0.2, -0.15) is 0 Å². The van der Waals surface area contributed by atoms with Crippen molar-refractivity contribution in [1.82, 2.24) is 0 Å². The minimum atomic E-state index is -1.15. The van der Waals surface area contributed by atoms with Gasteiger partial charge in [0.1, 0.15) is 5.60 Å². The zero-order valence-electron chi connectivity index (χ0n) is 16.6. The van der Waals surface area contributed by atoms with Crippen LogP contribution in [0.15, 0.2) is 0 Å². The normalized spacial score (nSPS) is 61.6.